The number of aryl methyl sites for hydroxylation is 1. The zero-order valence-electron chi connectivity index (χ0n) is 27.8. The summed E-state index contributed by atoms with van der Waals surface area (Å²) in [7, 11) is 0. The first kappa shape index (κ1) is 35.3. The van der Waals surface area contributed by atoms with Crippen molar-refractivity contribution in [3.8, 4) is 0 Å². The van der Waals surface area contributed by atoms with E-state index in [9.17, 15) is 19.5 Å². The maximum Gasteiger partial charge on any atom is 0.313 e. The number of nitrogens with zero attached hydrogens (tertiary/aromatic N) is 2. The fraction of sp³-hybridized carbons (Fsp3) is 0.459. The molecule has 0 radical (unpaired) electrons. The third kappa shape index (κ3) is 6.13. The van der Waals surface area contributed by atoms with Gasteiger partial charge in [-0.3, -0.25) is 19.2 Å². The number of benzene rings is 2. The maximum atomic E-state index is 15.2. The number of hydrogen-bond acceptors (Lipinski definition) is 7. The molecule has 2 fully saturated rings. The number of halogens is 2. The van der Waals surface area contributed by atoms with Crippen molar-refractivity contribution in [3.63, 3.8) is 0 Å². The fourth-order valence-electron chi connectivity index (χ4n) is 7.81. The van der Waals surface area contributed by atoms with Crippen LogP contribution in [-0.4, -0.2) is 76.7 Å². The number of anilines is 1. The van der Waals surface area contributed by atoms with Crippen LogP contribution in [0.4, 0.5) is 5.69 Å². The fourth-order valence-corrected chi connectivity index (χ4v) is 8.87. The van der Waals surface area contributed by atoms with Gasteiger partial charge in [-0.2, -0.15) is 0 Å². The second-order valence-corrected chi connectivity index (χ2v) is 14.9. The lowest BCUT2D eigenvalue weighted by Gasteiger charge is -2.40. The smallest absolute Gasteiger partial charge is 0.313 e. The van der Waals surface area contributed by atoms with Gasteiger partial charge in [0.05, 0.1) is 35.3 Å². The normalized spacial score (nSPS) is 31.8. The number of amides is 3. The molecule has 0 aromatic heterocycles. The lowest BCUT2D eigenvalue weighted by Crippen LogP contribution is -2.59. The van der Waals surface area contributed by atoms with E-state index >= 15 is 4.79 Å². The number of hydrogen-bond donors (Lipinski definition) is 2. The molecule has 2 saturated heterocycles. The Bertz CT molecular complexity index is 1680. The number of nitrogens with one attached hydrogen (secondary N) is 1. The van der Waals surface area contributed by atoms with Gasteiger partial charge in [0.1, 0.15) is 29.8 Å². The second-order valence-electron chi connectivity index (χ2n) is 13.6. The molecule has 2 aromatic carbocycles. The van der Waals surface area contributed by atoms with Crippen molar-refractivity contribution in [2.75, 3.05) is 18.1 Å². The number of fused-ring (bicyclic) bond motifs is 2. The van der Waals surface area contributed by atoms with Gasteiger partial charge in [0.15, 0.2) is 0 Å². The molecule has 0 unspecified atom stereocenters. The molecule has 2 N–H and O–H groups in total. The monoisotopic (exact) mass is 753 g/mol. The summed E-state index contributed by atoms with van der Waals surface area (Å²) in [6.07, 6.45) is 4.18. The molecule has 10 nitrogen and oxygen atoms in total. The second kappa shape index (κ2) is 14.0. The number of carbonyl (C=O) groups is 4. The molecule has 2 aromatic rings. The Balaban J connectivity index is 1.53. The van der Waals surface area contributed by atoms with Crippen molar-refractivity contribution in [1.29, 1.82) is 0 Å². The van der Waals surface area contributed by atoms with Crippen LogP contribution in [0.2, 0.25) is 5.02 Å². The predicted molar refractivity (Wildman–Crippen MR) is 188 cm³/mol. The number of esters is 1. The quantitative estimate of drug-likeness (QED) is 0.325. The van der Waals surface area contributed by atoms with Gasteiger partial charge >= 0.3 is 5.97 Å². The highest BCUT2D eigenvalue weighted by Gasteiger charge is 2.75. The summed E-state index contributed by atoms with van der Waals surface area (Å²) in [4.78, 5) is 60.4. The van der Waals surface area contributed by atoms with Gasteiger partial charge < -0.3 is 29.7 Å². The first-order chi connectivity index (χ1) is 23.4. The standard InChI is InChI=1S/C37H41BrClN3O7/c1-20(2)26(19-43)42-33-35(46)41(30-21(3)12-11-15-25(30)39)17-10-6-9-16-27(44)40-22(4)31(23-13-7-5-8-14-23)48-36(47)28-29(34(42)45)37(33)18-24(38)32(28)49-37/h5-8,10-15,18,20,22,26,28-29,31-33,43H,9,16-17,19H2,1-4H3,(H,40,44)/b10-6-/t22-,26-,28+,29-,31+,32+,33+,37-/m0/s1. The van der Waals surface area contributed by atoms with Crippen LogP contribution in [-0.2, 0) is 28.7 Å². The molecule has 0 saturated carbocycles. The van der Waals surface area contributed by atoms with Gasteiger partial charge in [-0.05, 0) is 49.5 Å². The van der Waals surface area contributed by atoms with E-state index in [1.807, 2.05) is 63.2 Å². The zero-order valence-corrected chi connectivity index (χ0v) is 30.2. The van der Waals surface area contributed by atoms with Gasteiger partial charge in [0.2, 0.25) is 11.8 Å². The molecule has 1 spiro atoms. The minimum Gasteiger partial charge on any atom is -0.455 e. The summed E-state index contributed by atoms with van der Waals surface area (Å²) >= 11 is 10.4. The Morgan fingerprint density at radius 3 is 2.45 bits per heavy atom. The number of ether oxygens (including phenoxy) is 2. The molecular formula is C37H41BrClN3O7. The number of allylic oxidation sites excluding steroid dienone is 1. The molecule has 3 amide bonds. The Morgan fingerprint density at radius 1 is 1.04 bits per heavy atom. The lowest BCUT2D eigenvalue weighted by molar-refractivity contribution is -0.162. The highest BCUT2D eigenvalue weighted by atomic mass is 79.9. The average molecular weight is 755 g/mol. The predicted octanol–water partition coefficient (Wildman–Crippen LogP) is 5.01. The van der Waals surface area contributed by atoms with Gasteiger partial charge in [0.25, 0.3) is 5.91 Å². The lowest BCUT2D eigenvalue weighted by atomic mass is 9.74. The van der Waals surface area contributed by atoms with E-state index in [1.165, 1.54) is 9.80 Å². The number of rotatable bonds is 5. The summed E-state index contributed by atoms with van der Waals surface area (Å²) in [5.41, 5.74) is 0.338. The summed E-state index contributed by atoms with van der Waals surface area (Å²) in [5, 5.41) is 14.0. The van der Waals surface area contributed by atoms with Crippen molar-refractivity contribution >= 4 is 56.9 Å². The van der Waals surface area contributed by atoms with Crippen LogP contribution in [0.1, 0.15) is 50.8 Å². The van der Waals surface area contributed by atoms with Crippen LogP contribution in [0, 0.1) is 24.7 Å². The van der Waals surface area contributed by atoms with E-state index in [-0.39, 0.29) is 24.8 Å². The molecule has 5 bridgehead atoms. The van der Waals surface area contributed by atoms with Crippen molar-refractivity contribution in [2.24, 2.45) is 17.8 Å². The molecular weight excluding hydrogens is 714 g/mol. The van der Waals surface area contributed by atoms with E-state index in [1.54, 1.807) is 31.2 Å². The third-order valence-corrected chi connectivity index (χ3v) is 11.1. The van der Waals surface area contributed by atoms with Crippen molar-refractivity contribution in [1.82, 2.24) is 10.2 Å². The number of aliphatic hydroxyl groups is 1. The minimum atomic E-state index is -1.54. The van der Waals surface area contributed by atoms with Crippen molar-refractivity contribution in [2.45, 2.75) is 76.5 Å². The third-order valence-electron chi connectivity index (χ3n) is 10.1. The largest absolute Gasteiger partial charge is 0.455 e. The SMILES string of the molecule is Cc1cccc(Cl)c1N1C/C=C\CCC(=O)N[C@@H](C)[C@H](c2ccccc2)OC(=O)[C@H]2[C@@H]3O[C@@]4(C=C3Br)[C@@H]2C(=O)N([C@@H](CO)C(C)C)[C@@H]4C1=O. The van der Waals surface area contributed by atoms with Gasteiger partial charge in [-0.15, -0.1) is 0 Å². The van der Waals surface area contributed by atoms with E-state index in [4.69, 9.17) is 21.1 Å². The number of carbonyl (C=O) groups excluding carboxylic acids is 4. The Morgan fingerprint density at radius 2 is 1.78 bits per heavy atom. The highest BCUT2D eigenvalue weighted by Crippen LogP contribution is 2.60. The molecule has 6 rings (SSSR count). The topological polar surface area (TPSA) is 125 Å². The molecule has 0 aliphatic carbocycles. The number of aliphatic hydroxyl groups excluding tert-OH is 1. The number of para-hydroxylation sites is 1. The first-order valence-electron chi connectivity index (χ1n) is 16.7. The summed E-state index contributed by atoms with van der Waals surface area (Å²) in [5.74, 6) is -4.33. The molecule has 4 aliphatic rings. The van der Waals surface area contributed by atoms with Crippen LogP contribution in [0.5, 0.6) is 0 Å². The molecule has 8 atom stereocenters. The number of cyclic esters (lactones) is 1. The summed E-state index contributed by atoms with van der Waals surface area (Å²) < 4.78 is 13.4. The van der Waals surface area contributed by atoms with Crippen LogP contribution in [0.3, 0.4) is 0 Å². The average Bonchev–Trinajstić information content (AvgIpc) is 3.65. The molecule has 49 heavy (non-hydrogen) atoms. The molecule has 12 heteroatoms. The Labute approximate surface area is 299 Å². The van der Waals surface area contributed by atoms with E-state index in [0.29, 0.717) is 27.2 Å². The molecule has 260 valence electrons. The highest BCUT2D eigenvalue weighted by molar-refractivity contribution is 9.11. The molecule has 4 aliphatic heterocycles. The summed E-state index contributed by atoms with van der Waals surface area (Å²) in [6, 6.07) is 11.9. The first-order valence-corrected chi connectivity index (χ1v) is 17.8. The van der Waals surface area contributed by atoms with Crippen LogP contribution >= 0.6 is 27.5 Å². The Hall–Kier alpha value is -3.51. The van der Waals surface area contributed by atoms with Gasteiger partial charge in [-0.1, -0.05) is 96.0 Å². The minimum absolute atomic E-state index is 0.0854. The van der Waals surface area contributed by atoms with Crippen LogP contribution in [0.25, 0.3) is 0 Å². The van der Waals surface area contributed by atoms with E-state index < -0.39 is 72.2 Å². The van der Waals surface area contributed by atoms with Crippen LogP contribution in [0.15, 0.2) is 71.2 Å². The van der Waals surface area contributed by atoms with Crippen LogP contribution < -0.4 is 10.2 Å². The zero-order chi connectivity index (χ0) is 35.2. The summed E-state index contributed by atoms with van der Waals surface area (Å²) in [6.45, 7) is 7.04. The maximum absolute atomic E-state index is 15.2. The van der Waals surface area contributed by atoms with Gasteiger partial charge in [0, 0.05) is 17.4 Å². The Kier molecular flexibility index (Phi) is 10.1. The molecule has 4 heterocycles. The van der Waals surface area contributed by atoms with Crippen molar-refractivity contribution in [3.05, 3.63) is 87.4 Å². The van der Waals surface area contributed by atoms with Crippen molar-refractivity contribution < 1.29 is 33.8 Å². The number of likely N-dealkylation sites (tertiary alicyclic amines) is 1. The van der Waals surface area contributed by atoms with Gasteiger partial charge in [-0.25, -0.2) is 0 Å². The van der Waals surface area contributed by atoms with E-state index in [0.717, 1.165) is 5.56 Å². The van der Waals surface area contributed by atoms with E-state index in [2.05, 4.69) is 21.2 Å².